The Morgan fingerprint density at radius 3 is 2.62 bits per heavy atom. The molecule has 3 rings (SSSR count). The number of carbonyl (C=O) groups is 1. The van der Waals surface area contributed by atoms with Crippen LogP contribution in [0.15, 0.2) is 53.7 Å². The molecule has 1 atom stereocenters. The fourth-order valence-corrected chi connectivity index (χ4v) is 3.29. The van der Waals surface area contributed by atoms with Crippen LogP contribution in [0.25, 0.3) is 0 Å². The van der Waals surface area contributed by atoms with E-state index in [9.17, 15) is 9.18 Å². The second-order valence-electron chi connectivity index (χ2n) is 7.66. The number of hydrogen-bond donors (Lipinski definition) is 0. The lowest BCUT2D eigenvalue weighted by Gasteiger charge is -2.26. The summed E-state index contributed by atoms with van der Waals surface area (Å²) < 4.78 is 19.3. The molecule has 5 nitrogen and oxygen atoms in total. The van der Waals surface area contributed by atoms with Crippen LogP contribution in [0.2, 0.25) is 0 Å². The fourth-order valence-electron chi connectivity index (χ4n) is 3.29. The number of halogens is 1. The van der Waals surface area contributed by atoms with Gasteiger partial charge in [-0.1, -0.05) is 37.2 Å². The number of amides is 1. The lowest BCUT2D eigenvalue weighted by atomic mass is 10.0. The maximum Gasteiger partial charge on any atom is 0.223 e. The Bertz CT molecular complexity index is 865. The number of rotatable bonds is 8. The molecule has 1 heterocycles. The lowest BCUT2D eigenvalue weighted by molar-refractivity contribution is -0.134. The highest BCUT2D eigenvalue weighted by Gasteiger charge is 2.27. The maximum atomic E-state index is 14.1. The van der Waals surface area contributed by atoms with E-state index in [0.29, 0.717) is 24.9 Å². The van der Waals surface area contributed by atoms with Gasteiger partial charge in [0.05, 0.1) is 19.4 Å². The van der Waals surface area contributed by atoms with Crippen molar-refractivity contribution in [3.05, 3.63) is 65.5 Å². The number of hydrogen-bond acceptors (Lipinski definition) is 4. The Hall–Kier alpha value is -2.89. The van der Waals surface area contributed by atoms with E-state index in [2.05, 4.69) is 5.16 Å². The van der Waals surface area contributed by atoms with Gasteiger partial charge < -0.3 is 14.5 Å². The van der Waals surface area contributed by atoms with Gasteiger partial charge in [0.2, 0.25) is 5.91 Å². The average molecular weight is 398 g/mol. The number of benzene rings is 2. The minimum Gasteiger partial charge on any atom is -0.497 e. The van der Waals surface area contributed by atoms with Crippen LogP contribution in [-0.2, 0) is 16.2 Å². The normalized spacial score (nSPS) is 15.8. The molecule has 0 saturated heterocycles. The van der Waals surface area contributed by atoms with Crippen molar-refractivity contribution in [3.63, 3.8) is 0 Å². The largest absolute Gasteiger partial charge is 0.497 e. The van der Waals surface area contributed by atoms with Crippen LogP contribution < -0.4 is 4.74 Å². The lowest BCUT2D eigenvalue weighted by Crippen LogP contribution is -2.38. The summed E-state index contributed by atoms with van der Waals surface area (Å²) in [4.78, 5) is 20.1. The third-order valence-electron chi connectivity index (χ3n) is 4.83. The second kappa shape index (κ2) is 9.54. The molecule has 0 aliphatic carbocycles. The molecule has 0 radical (unpaired) electrons. The first-order chi connectivity index (χ1) is 14.0. The molecule has 0 aromatic heterocycles. The SMILES string of the molecule is COc1ccc(C2=NO[C@@H](CN(Cc3ccccc3F)C(=O)CC(C)C)C2)cc1. The molecular formula is C23H27FN2O3. The van der Waals surface area contributed by atoms with E-state index in [1.165, 1.54) is 6.07 Å². The van der Waals surface area contributed by atoms with Crippen LogP contribution in [0.5, 0.6) is 5.75 Å². The van der Waals surface area contributed by atoms with Gasteiger partial charge in [0.1, 0.15) is 11.6 Å². The zero-order valence-corrected chi connectivity index (χ0v) is 17.1. The molecule has 2 aromatic rings. The zero-order chi connectivity index (χ0) is 20.8. The zero-order valence-electron chi connectivity index (χ0n) is 17.1. The van der Waals surface area contributed by atoms with E-state index < -0.39 is 0 Å². The van der Waals surface area contributed by atoms with Gasteiger partial charge in [-0.2, -0.15) is 0 Å². The molecule has 154 valence electrons. The van der Waals surface area contributed by atoms with Gasteiger partial charge in [0.15, 0.2) is 6.10 Å². The highest BCUT2D eigenvalue weighted by molar-refractivity contribution is 6.01. The summed E-state index contributed by atoms with van der Waals surface area (Å²) in [5.41, 5.74) is 2.29. The quantitative estimate of drug-likeness (QED) is 0.662. The van der Waals surface area contributed by atoms with Crippen LogP contribution in [0.3, 0.4) is 0 Å². The Labute approximate surface area is 171 Å². The van der Waals surface area contributed by atoms with E-state index in [0.717, 1.165) is 17.0 Å². The maximum absolute atomic E-state index is 14.1. The van der Waals surface area contributed by atoms with Crippen LogP contribution in [0.4, 0.5) is 4.39 Å². The smallest absolute Gasteiger partial charge is 0.223 e. The molecule has 0 saturated carbocycles. The van der Waals surface area contributed by atoms with Crippen LogP contribution in [0, 0.1) is 11.7 Å². The van der Waals surface area contributed by atoms with E-state index >= 15 is 0 Å². The third kappa shape index (κ3) is 5.56. The number of methoxy groups -OCH3 is 1. The number of ether oxygens (including phenoxy) is 1. The molecule has 1 amide bonds. The fraction of sp³-hybridized carbons (Fsp3) is 0.391. The Morgan fingerprint density at radius 1 is 1.24 bits per heavy atom. The van der Waals surface area contributed by atoms with Crippen molar-refractivity contribution in [2.45, 2.75) is 39.3 Å². The summed E-state index contributed by atoms with van der Waals surface area (Å²) in [6, 6.07) is 14.2. The van der Waals surface area contributed by atoms with Crippen molar-refractivity contribution in [3.8, 4) is 5.75 Å². The highest BCUT2D eigenvalue weighted by atomic mass is 19.1. The summed E-state index contributed by atoms with van der Waals surface area (Å²) in [5, 5.41) is 4.20. The standard InChI is InChI=1S/C23H27FN2O3/c1-16(2)12-23(27)26(14-18-6-4-5-7-21(18)24)15-20-13-22(25-29-20)17-8-10-19(28-3)11-9-17/h4-11,16,20H,12-15H2,1-3H3/t20-/m1/s1. The topological polar surface area (TPSA) is 51.1 Å². The first-order valence-electron chi connectivity index (χ1n) is 9.84. The van der Waals surface area contributed by atoms with Gasteiger partial charge in [-0.15, -0.1) is 0 Å². The molecule has 0 fully saturated rings. The molecule has 0 unspecified atom stereocenters. The summed E-state index contributed by atoms with van der Waals surface area (Å²) >= 11 is 0. The Kier molecular flexibility index (Phi) is 6.86. The van der Waals surface area contributed by atoms with E-state index in [1.807, 2.05) is 38.1 Å². The number of carbonyl (C=O) groups excluding carboxylic acids is 1. The molecular weight excluding hydrogens is 371 g/mol. The summed E-state index contributed by atoms with van der Waals surface area (Å²) in [7, 11) is 1.62. The summed E-state index contributed by atoms with van der Waals surface area (Å²) in [5.74, 6) is 0.684. The van der Waals surface area contributed by atoms with Gasteiger partial charge in [0, 0.05) is 24.9 Å². The number of nitrogens with zero attached hydrogens (tertiary/aromatic N) is 2. The van der Waals surface area contributed by atoms with Gasteiger partial charge in [-0.25, -0.2) is 4.39 Å². The highest BCUT2D eigenvalue weighted by Crippen LogP contribution is 2.21. The first kappa shape index (κ1) is 20.8. The van der Waals surface area contributed by atoms with Crippen molar-refractivity contribution in [1.29, 1.82) is 0 Å². The van der Waals surface area contributed by atoms with Crippen LogP contribution >= 0.6 is 0 Å². The van der Waals surface area contributed by atoms with Crippen molar-refractivity contribution >= 4 is 11.6 Å². The predicted octanol–water partition coefficient (Wildman–Crippen LogP) is 4.40. The predicted molar refractivity (Wildman–Crippen MR) is 110 cm³/mol. The van der Waals surface area contributed by atoms with Gasteiger partial charge >= 0.3 is 0 Å². The van der Waals surface area contributed by atoms with Crippen LogP contribution in [-0.4, -0.2) is 36.3 Å². The molecule has 0 bridgehead atoms. The van der Waals surface area contributed by atoms with Crippen molar-refractivity contribution in [2.24, 2.45) is 11.1 Å². The van der Waals surface area contributed by atoms with E-state index in [4.69, 9.17) is 9.57 Å². The molecule has 0 N–H and O–H groups in total. The van der Waals surface area contributed by atoms with Crippen molar-refractivity contribution in [1.82, 2.24) is 4.90 Å². The van der Waals surface area contributed by atoms with Crippen molar-refractivity contribution in [2.75, 3.05) is 13.7 Å². The van der Waals surface area contributed by atoms with E-state index in [-0.39, 0.29) is 30.3 Å². The average Bonchev–Trinajstić information content (AvgIpc) is 3.17. The minimum atomic E-state index is -0.308. The monoisotopic (exact) mass is 398 g/mol. The molecule has 1 aliphatic rings. The Balaban J connectivity index is 1.67. The molecule has 2 aromatic carbocycles. The van der Waals surface area contributed by atoms with Crippen molar-refractivity contribution < 1.29 is 18.8 Å². The molecule has 29 heavy (non-hydrogen) atoms. The molecule has 1 aliphatic heterocycles. The minimum absolute atomic E-state index is 0.00949. The summed E-state index contributed by atoms with van der Waals surface area (Å²) in [6.45, 7) is 4.57. The summed E-state index contributed by atoms with van der Waals surface area (Å²) in [6.07, 6.45) is 0.748. The van der Waals surface area contributed by atoms with E-state index in [1.54, 1.807) is 30.2 Å². The van der Waals surface area contributed by atoms with Gasteiger partial charge in [0.25, 0.3) is 0 Å². The van der Waals surface area contributed by atoms with Gasteiger partial charge in [-0.05, 0) is 41.8 Å². The van der Waals surface area contributed by atoms with Crippen LogP contribution in [0.1, 0.15) is 37.8 Å². The third-order valence-corrected chi connectivity index (χ3v) is 4.83. The second-order valence-corrected chi connectivity index (χ2v) is 7.66. The number of oxime groups is 1. The Morgan fingerprint density at radius 2 is 1.97 bits per heavy atom. The van der Waals surface area contributed by atoms with Gasteiger partial charge in [-0.3, -0.25) is 4.79 Å². The molecule has 6 heteroatoms. The first-order valence-corrected chi connectivity index (χ1v) is 9.84. The molecule has 0 spiro atoms.